The van der Waals surface area contributed by atoms with Crippen molar-refractivity contribution < 1.29 is 23.0 Å². The number of piperidine rings is 1. The van der Waals surface area contributed by atoms with E-state index in [1.165, 1.54) is 25.3 Å². The molecule has 0 radical (unpaired) electrons. The molecule has 2 aliphatic rings. The molecule has 1 heterocycles. The Morgan fingerprint density at radius 3 is 2.54 bits per heavy atom. The average molecular weight is 387 g/mol. The Labute approximate surface area is 163 Å². The topological polar surface area (TPSA) is 38.8 Å². The molecule has 4 rings (SSSR count). The maximum absolute atomic E-state index is 14.5. The van der Waals surface area contributed by atoms with Crippen LogP contribution in [0.1, 0.15) is 47.5 Å². The van der Waals surface area contributed by atoms with Gasteiger partial charge < -0.3 is 14.4 Å². The number of anilines is 1. The molecule has 6 heteroatoms. The van der Waals surface area contributed by atoms with Gasteiger partial charge in [-0.1, -0.05) is 0 Å². The van der Waals surface area contributed by atoms with E-state index in [4.69, 9.17) is 4.74 Å². The van der Waals surface area contributed by atoms with Crippen LogP contribution in [-0.2, 0) is 4.74 Å². The zero-order valence-corrected chi connectivity index (χ0v) is 15.8. The number of carbonyl (C=O) groups excluding carboxylic acids is 1. The molecular weight excluding hydrogens is 364 g/mol. The molecule has 2 aromatic carbocycles. The van der Waals surface area contributed by atoms with Gasteiger partial charge in [-0.25, -0.2) is 13.6 Å². The van der Waals surface area contributed by atoms with Gasteiger partial charge in [-0.2, -0.15) is 0 Å². The molecule has 2 fully saturated rings. The van der Waals surface area contributed by atoms with Gasteiger partial charge in [-0.05, 0) is 67.5 Å². The molecule has 1 atom stereocenters. The number of hydrogen-bond donors (Lipinski definition) is 0. The van der Waals surface area contributed by atoms with Crippen molar-refractivity contribution in [2.45, 2.75) is 37.7 Å². The molecule has 0 N–H and O–H groups in total. The third kappa shape index (κ3) is 3.96. The molecule has 1 saturated carbocycles. The standard InChI is InChI=1S/C22H23F2NO3/c1-27-22(26)19-11-18(14-4-5-14)21(12-20(19)24)28-17-3-2-10-25(13-17)16-8-6-15(23)7-9-16/h6-9,11-12,14,17H,2-5,10,13H2,1H3. The summed E-state index contributed by atoms with van der Waals surface area (Å²) in [5.74, 6) is -0.748. The number of hydrogen-bond acceptors (Lipinski definition) is 4. The summed E-state index contributed by atoms with van der Waals surface area (Å²) in [6, 6.07) is 9.32. The van der Waals surface area contributed by atoms with Gasteiger partial charge in [0.25, 0.3) is 0 Å². The predicted octanol–water partition coefficient (Wildman–Crippen LogP) is 4.68. The van der Waals surface area contributed by atoms with Crippen molar-refractivity contribution in [1.29, 1.82) is 0 Å². The highest BCUT2D eigenvalue weighted by molar-refractivity contribution is 5.90. The van der Waals surface area contributed by atoms with Crippen molar-refractivity contribution in [2.24, 2.45) is 0 Å². The van der Waals surface area contributed by atoms with Crippen LogP contribution in [0.4, 0.5) is 14.5 Å². The maximum Gasteiger partial charge on any atom is 0.340 e. The lowest BCUT2D eigenvalue weighted by molar-refractivity contribution is 0.0595. The molecule has 28 heavy (non-hydrogen) atoms. The molecule has 0 aromatic heterocycles. The van der Waals surface area contributed by atoms with Crippen LogP contribution in [0.5, 0.6) is 5.75 Å². The molecule has 2 aromatic rings. The quantitative estimate of drug-likeness (QED) is 0.699. The third-order valence-electron chi connectivity index (χ3n) is 5.39. The highest BCUT2D eigenvalue weighted by Crippen LogP contribution is 2.45. The Bertz CT molecular complexity index is 865. The van der Waals surface area contributed by atoms with Crippen LogP contribution in [0.3, 0.4) is 0 Å². The lowest BCUT2D eigenvalue weighted by Gasteiger charge is -2.35. The number of halogens is 2. The molecule has 1 saturated heterocycles. The molecule has 1 aliphatic carbocycles. The Kier molecular flexibility index (Phi) is 5.20. The van der Waals surface area contributed by atoms with Crippen LogP contribution in [-0.4, -0.2) is 32.3 Å². The van der Waals surface area contributed by atoms with Crippen LogP contribution in [0.25, 0.3) is 0 Å². The van der Waals surface area contributed by atoms with Crippen LogP contribution >= 0.6 is 0 Å². The van der Waals surface area contributed by atoms with Crippen molar-refractivity contribution in [2.75, 3.05) is 25.1 Å². The van der Waals surface area contributed by atoms with Crippen LogP contribution in [0.15, 0.2) is 36.4 Å². The van der Waals surface area contributed by atoms with Gasteiger partial charge in [0.1, 0.15) is 23.5 Å². The molecule has 1 unspecified atom stereocenters. The zero-order chi connectivity index (χ0) is 19.7. The third-order valence-corrected chi connectivity index (χ3v) is 5.39. The number of esters is 1. The molecular formula is C22H23F2NO3. The van der Waals surface area contributed by atoms with E-state index in [2.05, 4.69) is 9.64 Å². The van der Waals surface area contributed by atoms with Crippen molar-refractivity contribution in [3.05, 3.63) is 59.2 Å². The molecule has 1 aliphatic heterocycles. The van der Waals surface area contributed by atoms with Gasteiger partial charge in [-0.3, -0.25) is 0 Å². The fourth-order valence-electron chi connectivity index (χ4n) is 3.75. The second kappa shape index (κ2) is 7.78. The minimum Gasteiger partial charge on any atom is -0.488 e. The van der Waals surface area contributed by atoms with E-state index >= 15 is 0 Å². The van der Waals surface area contributed by atoms with Crippen molar-refractivity contribution in [1.82, 2.24) is 0 Å². The van der Waals surface area contributed by atoms with E-state index in [9.17, 15) is 13.6 Å². The first-order valence-electron chi connectivity index (χ1n) is 9.64. The molecule has 4 nitrogen and oxygen atoms in total. The van der Waals surface area contributed by atoms with E-state index in [0.29, 0.717) is 18.2 Å². The summed E-state index contributed by atoms with van der Waals surface area (Å²) in [5.41, 5.74) is 1.78. The number of nitrogens with zero attached hydrogens (tertiary/aromatic N) is 1. The Hall–Kier alpha value is -2.63. The minimum atomic E-state index is -0.675. The predicted molar refractivity (Wildman–Crippen MR) is 102 cm³/mol. The summed E-state index contributed by atoms with van der Waals surface area (Å²) in [6.07, 6.45) is 3.72. The Morgan fingerprint density at radius 1 is 1.11 bits per heavy atom. The monoisotopic (exact) mass is 387 g/mol. The van der Waals surface area contributed by atoms with Crippen molar-refractivity contribution in [3.8, 4) is 5.75 Å². The summed E-state index contributed by atoms with van der Waals surface area (Å²) < 4.78 is 38.5. The zero-order valence-electron chi connectivity index (χ0n) is 15.8. The van der Waals surface area contributed by atoms with Crippen LogP contribution in [0, 0.1) is 11.6 Å². The number of rotatable bonds is 5. The van der Waals surface area contributed by atoms with Gasteiger partial charge in [0.2, 0.25) is 0 Å². The van der Waals surface area contributed by atoms with E-state index in [-0.39, 0.29) is 17.5 Å². The van der Waals surface area contributed by atoms with E-state index in [1.54, 1.807) is 18.2 Å². The van der Waals surface area contributed by atoms with Crippen molar-refractivity contribution >= 4 is 11.7 Å². The second-order valence-corrected chi connectivity index (χ2v) is 7.44. The maximum atomic E-state index is 14.5. The lowest BCUT2D eigenvalue weighted by atomic mass is 10.0. The fraction of sp³-hybridized carbons (Fsp3) is 0.409. The minimum absolute atomic E-state index is 0.0478. The second-order valence-electron chi connectivity index (χ2n) is 7.44. The first-order chi connectivity index (χ1) is 13.5. The van der Waals surface area contributed by atoms with Gasteiger partial charge in [0.15, 0.2) is 0 Å². The largest absolute Gasteiger partial charge is 0.488 e. The fourth-order valence-corrected chi connectivity index (χ4v) is 3.75. The Balaban J connectivity index is 1.54. The highest BCUT2D eigenvalue weighted by atomic mass is 19.1. The van der Waals surface area contributed by atoms with E-state index in [0.717, 1.165) is 43.5 Å². The molecule has 0 spiro atoms. The van der Waals surface area contributed by atoms with Crippen LogP contribution < -0.4 is 9.64 Å². The summed E-state index contributed by atoms with van der Waals surface area (Å²) in [5, 5.41) is 0. The number of ether oxygens (including phenoxy) is 2. The van der Waals surface area contributed by atoms with E-state index in [1.807, 2.05) is 0 Å². The number of methoxy groups -OCH3 is 1. The van der Waals surface area contributed by atoms with Crippen molar-refractivity contribution in [3.63, 3.8) is 0 Å². The molecule has 148 valence electrons. The number of benzene rings is 2. The number of carbonyl (C=O) groups is 1. The highest BCUT2D eigenvalue weighted by Gasteiger charge is 2.31. The Morgan fingerprint density at radius 2 is 1.86 bits per heavy atom. The van der Waals surface area contributed by atoms with E-state index < -0.39 is 11.8 Å². The first-order valence-corrected chi connectivity index (χ1v) is 9.64. The summed E-state index contributed by atoms with van der Waals surface area (Å²) in [7, 11) is 1.25. The first kappa shape index (κ1) is 18.7. The normalized spacial score (nSPS) is 19.4. The summed E-state index contributed by atoms with van der Waals surface area (Å²) in [4.78, 5) is 14.0. The van der Waals surface area contributed by atoms with Gasteiger partial charge in [-0.15, -0.1) is 0 Å². The van der Waals surface area contributed by atoms with Gasteiger partial charge in [0.05, 0.1) is 19.2 Å². The summed E-state index contributed by atoms with van der Waals surface area (Å²) >= 11 is 0. The molecule has 0 amide bonds. The SMILES string of the molecule is COC(=O)c1cc(C2CC2)c(OC2CCCN(c3ccc(F)cc3)C2)cc1F. The van der Waals surface area contributed by atoms with Crippen LogP contribution in [0.2, 0.25) is 0 Å². The molecule has 0 bridgehead atoms. The summed E-state index contributed by atoms with van der Waals surface area (Å²) in [6.45, 7) is 1.52. The smallest absolute Gasteiger partial charge is 0.340 e. The van der Waals surface area contributed by atoms with Gasteiger partial charge in [0, 0.05) is 18.3 Å². The lowest BCUT2D eigenvalue weighted by Crippen LogP contribution is -2.41. The van der Waals surface area contributed by atoms with Gasteiger partial charge >= 0.3 is 5.97 Å². The average Bonchev–Trinajstić information content (AvgIpc) is 3.53.